The van der Waals surface area contributed by atoms with Crippen LogP contribution in [-0.2, 0) is 5.41 Å². The predicted octanol–water partition coefficient (Wildman–Crippen LogP) is 4.57. The molecular weight excluding hydrogens is 332 g/mol. The Labute approximate surface area is 137 Å². The molecule has 0 aliphatic rings. The third-order valence-electron chi connectivity index (χ3n) is 2.98. The number of hydrogen-bond acceptors (Lipinski definition) is 3. The van der Waals surface area contributed by atoms with Crippen molar-refractivity contribution in [3.05, 3.63) is 44.4 Å². The molecule has 0 saturated heterocycles. The molecule has 0 N–H and O–H groups in total. The maximum atomic E-state index is 14.2. The Bertz CT molecular complexity index is 759. The van der Waals surface area contributed by atoms with E-state index in [1.807, 2.05) is 20.8 Å². The number of nitrogens with zero attached hydrogens (tertiary/aromatic N) is 1. The van der Waals surface area contributed by atoms with E-state index >= 15 is 0 Å². The molecule has 1 heterocycles. The van der Waals surface area contributed by atoms with Crippen molar-refractivity contribution >= 4 is 23.2 Å². The van der Waals surface area contributed by atoms with Gasteiger partial charge in [0.05, 0.1) is 17.3 Å². The molecule has 0 amide bonds. The Morgan fingerprint density at radius 2 is 1.95 bits per heavy atom. The van der Waals surface area contributed by atoms with Crippen LogP contribution >= 0.6 is 23.2 Å². The molecule has 0 spiro atoms. The fourth-order valence-electron chi connectivity index (χ4n) is 1.98. The monoisotopic (exact) mass is 347 g/mol. The third kappa shape index (κ3) is 3.01. The summed E-state index contributed by atoms with van der Waals surface area (Å²) in [5.41, 5.74) is -0.560. The minimum Gasteiger partial charge on any atom is -0.492 e. The van der Waals surface area contributed by atoms with Crippen LogP contribution in [0.15, 0.2) is 21.3 Å². The zero-order chi connectivity index (χ0) is 16.7. The van der Waals surface area contributed by atoms with Crippen LogP contribution in [-0.4, -0.2) is 11.2 Å². The van der Waals surface area contributed by atoms with E-state index < -0.39 is 17.0 Å². The summed E-state index contributed by atoms with van der Waals surface area (Å²) in [5, 5.41) is 0.146. The summed E-state index contributed by atoms with van der Waals surface area (Å²) >= 11 is 12.1. The third-order valence-corrected chi connectivity index (χ3v) is 3.61. The fraction of sp³-hybridized carbons (Fsp3) is 0.400. The lowest BCUT2D eigenvalue weighted by Crippen LogP contribution is -2.14. The Morgan fingerprint density at radius 1 is 1.32 bits per heavy atom. The van der Waals surface area contributed by atoms with Gasteiger partial charge in [0.15, 0.2) is 10.9 Å². The van der Waals surface area contributed by atoms with E-state index in [-0.39, 0.29) is 27.4 Å². The predicted molar refractivity (Wildman–Crippen MR) is 84.2 cm³/mol. The van der Waals surface area contributed by atoms with Crippen LogP contribution in [0, 0.1) is 5.82 Å². The summed E-state index contributed by atoms with van der Waals surface area (Å²) in [6.07, 6.45) is 0. The second kappa shape index (κ2) is 5.97. The number of hydrogen-bond donors (Lipinski definition) is 0. The van der Waals surface area contributed by atoms with Gasteiger partial charge in [-0.15, -0.1) is 0 Å². The molecule has 7 heteroatoms. The maximum absolute atomic E-state index is 14.2. The summed E-state index contributed by atoms with van der Waals surface area (Å²) in [5.74, 6) is -0.911. The molecule has 0 saturated carbocycles. The van der Waals surface area contributed by atoms with Gasteiger partial charge in [0, 0.05) is 11.5 Å². The topological polar surface area (TPSA) is 44.4 Å². The van der Waals surface area contributed by atoms with E-state index in [0.717, 1.165) is 10.6 Å². The molecule has 4 nitrogen and oxygen atoms in total. The maximum Gasteiger partial charge on any atom is 0.425 e. The summed E-state index contributed by atoms with van der Waals surface area (Å²) < 4.78 is 25.7. The highest BCUT2D eigenvalue weighted by atomic mass is 35.5. The molecule has 0 aliphatic carbocycles. The first-order valence-corrected chi connectivity index (χ1v) is 7.46. The summed E-state index contributed by atoms with van der Waals surface area (Å²) in [6, 6.07) is 2.41. The van der Waals surface area contributed by atoms with Crippen molar-refractivity contribution < 1.29 is 13.5 Å². The lowest BCUT2D eigenvalue weighted by molar-refractivity contribution is 0.339. The van der Waals surface area contributed by atoms with Gasteiger partial charge in [-0.05, 0) is 13.0 Å². The molecule has 120 valence electrons. The zero-order valence-corrected chi connectivity index (χ0v) is 14.2. The molecule has 0 fully saturated rings. The number of rotatable bonds is 3. The average molecular weight is 348 g/mol. The average Bonchev–Trinajstić information content (AvgIpc) is 2.69. The van der Waals surface area contributed by atoms with Crippen molar-refractivity contribution in [2.75, 3.05) is 6.61 Å². The van der Waals surface area contributed by atoms with E-state index in [0.29, 0.717) is 6.61 Å². The molecule has 0 atom stereocenters. The zero-order valence-electron chi connectivity index (χ0n) is 12.7. The van der Waals surface area contributed by atoms with Gasteiger partial charge in [-0.1, -0.05) is 44.0 Å². The summed E-state index contributed by atoms with van der Waals surface area (Å²) in [4.78, 5) is 12.1. The first-order valence-electron chi connectivity index (χ1n) is 6.70. The lowest BCUT2D eigenvalue weighted by Gasteiger charge is -2.15. The van der Waals surface area contributed by atoms with Gasteiger partial charge in [0.1, 0.15) is 11.6 Å². The second-order valence-corrected chi connectivity index (χ2v) is 6.51. The summed E-state index contributed by atoms with van der Waals surface area (Å²) in [7, 11) is 0. The van der Waals surface area contributed by atoms with Crippen LogP contribution in [0.4, 0.5) is 4.39 Å². The van der Waals surface area contributed by atoms with Crippen molar-refractivity contribution in [1.29, 1.82) is 0 Å². The normalized spacial score (nSPS) is 11.8. The highest BCUT2D eigenvalue weighted by Crippen LogP contribution is 2.34. The second-order valence-electron chi connectivity index (χ2n) is 5.74. The molecule has 1 aromatic carbocycles. The molecule has 0 radical (unpaired) electrons. The Hall–Kier alpha value is -1.46. The van der Waals surface area contributed by atoms with Gasteiger partial charge < -0.3 is 9.15 Å². The van der Waals surface area contributed by atoms with Crippen molar-refractivity contribution in [3.63, 3.8) is 0 Å². The molecule has 2 aromatic rings. The van der Waals surface area contributed by atoms with Crippen LogP contribution in [0.5, 0.6) is 5.75 Å². The van der Waals surface area contributed by atoms with Crippen LogP contribution < -0.4 is 10.5 Å². The summed E-state index contributed by atoms with van der Waals surface area (Å²) in [6.45, 7) is 7.64. The first kappa shape index (κ1) is 16.9. The Morgan fingerprint density at radius 3 is 2.45 bits per heavy atom. The van der Waals surface area contributed by atoms with E-state index in [2.05, 4.69) is 0 Å². The van der Waals surface area contributed by atoms with Crippen molar-refractivity contribution in [2.24, 2.45) is 0 Å². The molecule has 0 unspecified atom stereocenters. The fourth-order valence-corrected chi connectivity index (χ4v) is 2.67. The molecular formula is C15H16Cl2FNO3. The van der Waals surface area contributed by atoms with Crippen molar-refractivity contribution in [3.8, 4) is 11.4 Å². The van der Waals surface area contributed by atoms with Crippen LogP contribution in [0.3, 0.4) is 0 Å². The molecule has 2 rings (SSSR count). The number of benzene rings is 1. The minimum atomic E-state index is -0.765. The van der Waals surface area contributed by atoms with Crippen LogP contribution in [0.1, 0.15) is 33.5 Å². The van der Waals surface area contributed by atoms with E-state index in [4.69, 9.17) is 32.4 Å². The first-order chi connectivity index (χ1) is 10.2. The Kier molecular flexibility index (Phi) is 4.59. The smallest absolute Gasteiger partial charge is 0.425 e. The molecule has 0 aliphatic heterocycles. The van der Waals surface area contributed by atoms with Crippen LogP contribution in [0.2, 0.25) is 10.2 Å². The SMILES string of the molecule is CCOc1cc(-n2c(Cl)c(C(C)(C)C)oc2=O)c(F)cc1Cl. The quantitative estimate of drug-likeness (QED) is 0.816. The van der Waals surface area contributed by atoms with E-state index in [1.165, 1.54) is 6.07 Å². The number of ether oxygens (including phenoxy) is 1. The van der Waals surface area contributed by atoms with Gasteiger partial charge in [-0.2, -0.15) is 0 Å². The van der Waals surface area contributed by atoms with Gasteiger partial charge in [0.2, 0.25) is 0 Å². The minimum absolute atomic E-state index is 0.0289. The Balaban J connectivity index is 2.70. The standard InChI is InChI=1S/C15H16Cl2FNO3/c1-5-21-11-7-10(9(18)6-8(11)16)19-13(17)12(15(2,3)4)22-14(19)20/h6-7H,5H2,1-4H3. The highest BCUT2D eigenvalue weighted by molar-refractivity contribution is 6.32. The van der Waals surface area contributed by atoms with Crippen molar-refractivity contribution in [1.82, 2.24) is 4.57 Å². The number of oxazole rings is 1. The van der Waals surface area contributed by atoms with Gasteiger partial charge in [-0.3, -0.25) is 0 Å². The van der Waals surface area contributed by atoms with Crippen LogP contribution in [0.25, 0.3) is 5.69 Å². The largest absolute Gasteiger partial charge is 0.492 e. The van der Waals surface area contributed by atoms with E-state index in [1.54, 1.807) is 6.92 Å². The molecule has 22 heavy (non-hydrogen) atoms. The molecule has 1 aromatic heterocycles. The highest BCUT2D eigenvalue weighted by Gasteiger charge is 2.28. The molecule has 0 bridgehead atoms. The van der Waals surface area contributed by atoms with Gasteiger partial charge in [-0.25, -0.2) is 13.8 Å². The number of halogens is 3. The van der Waals surface area contributed by atoms with Crippen molar-refractivity contribution in [2.45, 2.75) is 33.1 Å². The van der Waals surface area contributed by atoms with Gasteiger partial charge in [0.25, 0.3) is 0 Å². The lowest BCUT2D eigenvalue weighted by atomic mass is 9.94. The van der Waals surface area contributed by atoms with E-state index in [9.17, 15) is 9.18 Å². The number of aromatic nitrogens is 1. The van der Waals surface area contributed by atoms with Gasteiger partial charge >= 0.3 is 5.76 Å².